The summed E-state index contributed by atoms with van der Waals surface area (Å²) in [4.78, 5) is 10.9. The van der Waals surface area contributed by atoms with Crippen molar-refractivity contribution in [2.45, 2.75) is 9.79 Å². The van der Waals surface area contributed by atoms with Crippen LogP contribution < -0.4 is 5.32 Å². The molecule has 9 nitrogen and oxygen atoms in total. The third-order valence-corrected chi connectivity index (χ3v) is 5.54. The molecule has 0 fully saturated rings. The largest absolute Gasteiger partial charge is 0.507 e. The molecule has 4 N–H and O–H groups in total. The lowest BCUT2D eigenvalue weighted by Gasteiger charge is -2.14. The van der Waals surface area contributed by atoms with Crippen LogP contribution in [0.5, 0.6) is 5.75 Å². The van der Waals surface area contributed by atoms with Gasteiger partial charge < -0.3 is 10.4 Å². The Balaban J connectivity index is 2.33. The summed E-state index contributed by atoms with van der Waals surface area (Å²) in [6.07, 6.45) is 0. The first-order valence-corrected chi connectivity index (χ1v) is 10.4. The number of benzene rings is 3. The SMILES string of the molecule is O=C(Nc1cc(S(=O)(=O)O)cc2c(S(=O)(=O)O)c[c]c(O)c12)c1ccccc1. The van der Waals surface area contributed by atoms with Crippen LogP contribution in [0.2, 0.25) is 0 Å². The molecule has 0 saturated heterocycles. The zero-order chi connectivity index (χ0) is 20.7. The van der Waals surface area contributed by atoms with Crippen molar-refractivity contribution < 1.29 is 35.8 Å². The monoisotopic (exact) mass is 422 g/mol. The van der Waals surface area contributed by atoms with Crippen molar-refractivity contribution in [3.63, 3.8) is 0 Å². The molecule has 0 unspecified atom stereocenters. The summed E-state index contributed by atoms with van der Waals surface area (Å²) in [5.41, 5.74) is -0.111. The van der Waals surface area contributed by atoms with E-state index in [9.17, 15) is 35.8 Å². The second kappa shape index (κ2) is 6.87. The van der Waals surface area contributed by atoms with Crippen LogP contribution in [0.15, 0.2) is 58.3 Å². The van der Waals surface area contributed by atoms with Crippen LogP contribution in [0, 0.1) is 6.07 Å². The van der Waals surface area contributed by atoms with Crippen molar-refractivity contribution in [2.75, 3.05) is 5.32 Å². The topological polar surface area (TPSA) is 158 Å². The van der Waals surface area contributed by atoms with Gasteiger partial charge in [-0.05, 0) is 30.3 Å². The van der Waals surface area contributed by atoms with Gasteiger partial charge in [-0.15, -0.1) is 0 Å². The zero-order valence-electron chi connectivity index (χ0n) is 13.8. The minimum absolute atomic E-state index is 0.197. The number of carbonyl (C=O) groups is 1. The number of phenols is 1. The molecule has 0 saturated carbocycles. The highest BCUT2D eigenvalue weighted by Gasteiger charge is 2.23. The van der Waals surface area contributed by atoms with Crippen molar-refractivity contribution in [1.29, 1.82) is 0 Å². The van der Waals surface area contributed by atoms with Gasteiger partial charge in [0.25, 0.3) is 26.1 Å². The molecular formula is C17H12NO8S2. The standard InChI is InChI=1S/C17H12NO8S2/c19-14-6-7-15(28(24,25)26)12-8-11(27(21,22)23)9-13(16(12)14)18-17(20)10-4-2-1-3-5-10/h1-5,7-9,19H,(H,18,20)(H,21,22,23)(H,24,25,26). The fourth-order valence-electron chi connectivity index (χ4n) is 2.59. The van der Waals surface area contributed by atoms with E-state index in [0.29, 0.717) is 0 Å². The Kier molecular flexibility index (Phi) is 4.85. The minimum Gasteiger partial charge on any atom is -0.507 e. The third-order valence-electron chi connectivity index (χ3n) is 3.81. The van der Waals surface area contributed by atoms with Gasteiger partial charge >= 0.3 is 0 Å². The third kappa shape index (κ3) is 3.82. The number of hydrogen-bond acceptors (Lipinski definition) is 6. The van der Waals surface area contributed by atoms with Gasteiger partial charge in [-0.3, -0.25) is 13.9 Å². The van der Waals surface area contributed by atoms with Crippen molar-refractivity contribution in [2.24, 2.45) is 0 Å². The molecule has 145 valence electrons. The molecule has 0 aliphatic carbocycles. The number of anilines is 1. The normalized spacial score (nSPS) is 12.1. The van der Waals surface area contributed by atoms with E-state index in [-0.39, 0.29) is 16.6 Å². The van der Waals surface area contributed by atoms with Crippen molar-refractivity contribution in [1.82, 2.24) is 0 Å². The molecule has 3 aromatic carbocycles. The van der Waals surface area contributed by atoms with Crippen molar-refractivity contribution >= 4 is 42.6 Å². The number of fused-ring (bicyclic) bond motifs is 1. The fraction of sp³-hybridized carbons (Fsp3) is 0. The number of nitrogens with one attached hydrogen (secondary N) is 1. The van der Waals surface area contributed by atoms with Gasteiger partial charge in [0.15, 0.2) is 0 Å². The van der Waals surface area contributed by atoms with Crippen LogP contribution in [0.4, 0.5) is 5.69 Å². The van der Waals surface area contributed by atoms with E-state index < -0.39 is 47.1 Å². The first kappa shape index (κ1) is 19.8. The average Bonchev–Trinajstić information content (AvgIpc) is 2.60. The number of aromatic hydroxyl groups is 1. The summed E-state index contributed by atoms with van der Waals surface area (Å²) in [5, 5.41) is 11.8. The van der Waals surface area contributed by atoms with Crippen LogP contribution in [0.3, 0.4) is 0 Å². The Hall–Kier alpha value is -2.99. The van der Waals surface area contributed by atoms with Gasteiger partial charge in [0.05, 0.1) is 10.6 Å². The van der Waals surface area contributed by atoms with Gasteiger partial charge in [0.2, 0.25) is 0 Å². The highest BCUT2D eigenvalue weighted by molar-refractivity contribution is 7.86. The van der Waals surface area contributed by atoms with Crippen LogP contribution >= 0.6 is 0 Å². The van der Waals surface area contributed by atoms with Gasteiger partial charge in [-0.1, -0.05) is 18.2 Å². The van der Waals surface area contributed by atoms with E-state index >= 15 is 0 Å². The van der Waals surface area contributed by atoms with E-state index in [2.05, 4.69) is 11.4 Å². The van der Waals surface area contributed by atoms with Crippen LogP contribution in [0.25, 0.3) is 10.8 Å². The Morgan fingerprint density at radius 2 is 1.61 bits per heavy atom. The molecule has 0 aliphatic rings. The molecule has 3 aromatic rings. The summed E-state index contributed by atoms with van der Waals surface area (Å²) in [5.74, 6) is -1.29. The minimum atomic E-state index is -4.84. The van der Waals surface area contributed by atoms with Crippen molar-refractivity contribution in [3.8, 4) is 5.75 Å². The number of carbonyl (C=O) groups excluding carboxylic acids is 1. The van der Waals surface area contributed by atoms with Gasteiger partial charge in [0, 0.05) is 22.4 Å². The molecule has 0 aromatic heterocycles. The highest BCUT2D eigenvalue weighted by atomic mass is 32.2. The number of amides is 1. The number of phenolic OH excluding ortho intramolecular Hbond substituents is 1. The number of hydrogen-bond donors (Lipinski definition) is 4. The van der Waals surface area contributed by atoms with E-state index in [1.807, 2.05) is 0 Å². The molecule has 11 heteroatoms. The average molecular weight is 422 g/mol. The zero-order valence-corrected chi connectivity index (χ0v) is 15.5. The summed E-state index contributed by atoms with van der Waals surface area (Å²) in [7, 11) is -9.65. The molecule has 28 heavy (non-hydrogen) atoms. The van der Waals surface area contributed by atoms with Crippen LogP contribution in [0.1, 0.15) is 10.4 Å². The molecule has 0 heterocycles. The van der Waals surface area contributed by atoms with E-state index in [0.717, 1.165) is 18.2 Å². The van der Waals surface area contributed by atoms with Crippen LogP contribution in [-0.4, -0.2) is 37.0 Å². The maximum atomic E-state index is 12.4. The summed E-state index contributed by atoms with van der Waals surface area (Å²) < 4.78 is 65.2. The Morgan fingerprint density at radius 3 is 2.18 bits per heavy atom. The summed E-state index contributed by atoms with van der Waals surface area (Å²) in [6.45, 7) is 0. The van der Waals surface area contributed by atoms with E-state index in [1.54, 1.807) is 18.2 Å². The Morgan fingerprint density at radius 1 is 0.964 bits per heavy atom. The molecule has 0 aliphatic heterocycles. The predicted molar refractivity (Wildman–Crippen MR) is 98.5 cm³/mol. The molecule has 0 bridgehead atoms. The van der Waals surface area contributed by atoms with Crippen molar-refractivity contribution in [3.05, 3.63) is 60.2 Å². The van der Waals surface area contributed by atoms with Gasteiger partial charge in [-0.2, -0.15) is 16.8 Å². The molecule has 3 rings (SSSR count). The lowest BCUT2D eigenvalue weighted by atomic mass is 10.1. The maximum absolute atomic E-state index is 12.4. The molecule has 0 spiro atoms. The van der Waals surface area contributed by atoms with E-state index in [4.69, 9.17) is 0 Å². The summed E-state index contributed by atoms with van der Waals surface area (Å²) >= 11 is 0. The number of rotatable bonds is 4. The maximum Gasteiger partial charge on any atom is 0.295 e. The molecule has 0 atom stereocenters. The molecular weight excluding hydrogens is 410 g/mol. The van der Waals surface area contributed by atoms with E-state index in [1.165, 1.54) is 12.1 Å². The lowest BCUT2D eigenvalue weighted by Crippen LogP contribution is -2.13. The first-order chi connectivity index (χ1) is 13.0. The van der Waals surface area contributed by atoms with Gasteiger partial charge in [-0.25, -0.2) is 0 Å². The lowest BCUT2D eigenvalue weighted by molar-refractivity contribution is 0.102. The summed E-state index contributed by atoms with van der Waals surface area (Å²) in [6, 6.07) is 12.3. The quantitative estimate of drug-likeness (QED) is 0.465. The fourth-order valence-corrected chi connectivity index (χ4v) is 3.77. The van der Waals surface area contributed by atoms with Crippen LogP contribution in [-0.2, 0) is 20.2 Å². The highest BCUT2D eigenvalue weighted by Crippen LogP contribution is 2.37. The molecule has 1 radical (unpaired) electrons. The van der Waals surface area contributed by atoms with Gasteiger partial charge in [0.1, 0.15) is 10.6 Å². The predicted octanol–water partition coefficient (Wildman–Crippen LogP) is 2.09. The second-order valence-electron chi connectivity index (χ2n) is 5.67. The second-order valence-corrected chi connectivity index (χ2v) is 8.48. The Bertz CT molecular complexity index is 1300. The smallest absolute Gasteiger partial charge is 0.295 e. The molecule has 1 amide bonds. The first-order valence-electron chi connectivity index (χ1n) is 7.51. The Labute approximate surface area is 159 Å².